The van der Waals surface area contributed by atoms with E-state index in [0.29, 0.717) is 32.7 Å². The second-order valence-corrected chi connectivity index (χ2v) is 8.87. The highest BCUT2D eigenvalue weighted by Crippen LogP contribution is 2.18. The van der Waals surface area contributed by atoms with Gasteiger partial charge >= 0.3 is 0 Å². The monoisotopic (exact) mass is 396 g/mol. The molecule has 0 aliphatic carbocycles. The summed E-state index contributed by atoms with van der Waals surface area (Å²) in [5.41, 5.74) is 0.278. The van der Waals surface area contributed by atoms with Crippen molar-refractivity contribution in [1.82, 2.24) is 19.8 Å². The van der Waals surface area contributed by atoms with Crippen LogP contribution in [0.5, 0.6) is 0 Å². The molecule has 8 nitrogen and oxygen atoms in total. The zero-order chi connectivity index (χ0) is 20.0. The number of carbonyl (C=O) groups is 2. The molecule has 0 atom stereocenters. The fraction of sp³-hybridized carbons (Fsp3) is 0.556. The van der Waals surface area contributed by atoms with Crippen LogP contribution in [-0.4, -0.2) is 75.8 Å². The SMILES string of the molecule is CC(C)C(=O)NCCNC(=O)c1cccc(S(=O)(=O)N2CCN(C)CC2)c1. The molecule has 150 valence electrons. The number of hydrogen-bond donors (Lipinski definition) is 2. The summed E-state index contributed by atoms with van der Waals surface area (Å²) in [4.78, 5) is 26.0. The summed E-state index contributed by atoms with van der Waals surface area (Å²) in [6, 6.07) is 6.05. The largest absolute Gasteiger partial charge is 0.354 e. The Morgan fingerprint density at radius 1 is 1.07 bits per heavy atom. The maximum absolute atomic E-state index is 12.8. The van der Waals surface area contributed by atoms with Gasteiger partial charge in [-0.3, -0.25) is 9.59 Å². The van der Waals surface area contributed by atoms with Crippen molar-refractivity contribution in [2.75, 3.05) is 46.3 Å². The number of nitrogens with one attached hydrogen (secondary N) is 2. The first-order valence-corrected chi connectivity index (χ1v) is 10.5. The predicted octanol–water partition coefficient (Wildman–Crippen LogP) is 0.125. The fourth-order valence-electron chi connectivity index (χ4n) is 2.64. The molecule has 0 saturated carbocycles. The van der Waals surface area contributed by atoms with Crippen LogP contribution < -0.4 is 10.6 Å². The van der Waals surface area contributed by atoms with Gasteiger partial charge in [0, 0.05) is 50.7 Å². The first-order valence-electron chi connectivity index (χ1n) is 9.06. The molecule has 0 unspecified atom stereocenters. The zero-order valence-corrected chi connectivity index (χ0v) is 16.9. The minimum atomic E-state index is -3.62. The lowest BCUT2D eigenvalue weighted by molar-refractivity contribution is -0.123. The normalized spacial score (nSPS) is 16.3. The molecule has 2 N–H and O–H groups in total. The van der Waals surface area contributed by atoms with Crippen molar-refractivity contribution in [1.29, 1.82) is 0 Å². The van der Waals surface area contributed by atoms with Gasteiger partial charge in [-0.05, 0) is 25.2 Å². The Morgan fingerprint density at radius 2 is 1.70 bits per heavy atom. The summed E-state index contributed by atoms with van der Waals surface area (Å²) in [5.74, 6) is -0.564. The average molecular weight is 397 g/mol. The van der Waals surface area contributed by atoms with Crippen LogP contribution in [0.25, 0.3) is 0 Å². The average Bonchev–Trinajstić information content (AvgIpc) is 2.65. The van der Waals surface area contributed by atoms with E-state index in [1.54, 1.807) is 26.0 Å². The van der Waals surface area contributed by atoms with Crippen LogP contribution in [0.3, 0.4) is 0 Å². The number of likely N-dealkylation sites (N-methyl/N-ethyl adjacent to an activating group) is 1. The molecule has 1 saturated heterocycles. The van der Waals surface area contributed by atoms with Crippen molar-refractivity contribution in [2.24, 2.45) is 5.92 Å². The van der Waals surface area contributed by atoms with Crippen molar-refractivity contribution in [2.45, 2.75) is 18.7 Å². The summed E-state index contributed by atoms with van der Waals surface area (Å²) >= 11 is 0. The molecule has 2 rings (SSSR count). The zero-order valence-electron chi connectivity index (χ0n) is 16.1. The topological polar surface area (TPSA) is 98.8 Å². The van der Waals surface area contributed by atoms with Crippen LogP contribution >= 0.6 is 0 Å². The second-order valence-electron chi connectivity index (χ2n) is 6.94. The Balaban J connectivity index is 1.97. The minimum absolute atomic E-state index is 0.0792. The van der Waals surface area contributed by atoms with E-state index < -0.39 is 10.0 Å². The molecule has 0 aromatic heterocycles. The van der Waals surface area contributed by atoms with Crippen molar-refractivity contribution in [3.63, 3.8) is 0 Å². The van der Waals surface area contributed by atoms with E-state index in [-0.39, 0.29) is 34.7 Å². The Kier molecular flexibility index (Phi) is 7.34. The van der Waals surface area contributed by atoms with Crippen LogP contribution in [0.4, 0.5) is 0 Å². The van der Waals surface area contributed by atoms with E-state index in [1.165, 1.54) is 16.4 Å². The molecular formula is C18H28N4O4S. The van der Waals surface area contributed by atoms with Crippen LogP contribution in [-0.2, 0) is 14.8 Å². The van der Waals surface area contributed by atoms with Gasteiger partial charge in [-0.2, -0.15) is 4.31 Å². The maximum Gasteiger partial charge on any atom is 0.251 e. The highest BCUT2D eigenvalue weighted by molar-refractivity contribution is 7.89. The smallest absolute Gasteiger partial charge is 0.251 e. The Morgan fingerprint density at radius 3 is 2.33 bits per heavy atom. The summed E-state index contributed by atoms with van der Waals surface area (Å²) in [7, 11) is -1.66. The molecule has 1 aromatic rings. The molecule has 0 spiro atoms. The Bertz CT molecular complexity index is 771. The predicted molar refractivity (Wildman–Crippen MR) is 103 cm³/mol. The third kappa shape index (κ3) is 5.75. The Hall–Kier alpha value is -1.97. The second kappa shape index (κ2) is 9.29. The van der Waals surface area contributed by atoms with E-state index in [4.69, 9.17) is 0 Å². The van der Waals surface area contributed by atoms with E-state index >= 15 is 0 Å². The van der Waals surface area contributed by atoms with E-state index in [1.807, 2.05) is 7.05 Å². The standard InChI is InChI=1S/C18H28N4O4S/c1-14(2)17(23)19-7-8-20-18(24)15-5-4-6-16(13-15)27(25,26)22-11-9-21(3)10-12-22/h4-6,13-14H,7-12H2,1-3H3,(H,19,23)(H,20,24). The quantitative estimate of drug-likeness (QED) is 0.638. The molecule has 2 amide bonds. The molecule has 1 aliphatic heterocycles. The number of rotatable bonds is 7. The van der Waals surface area contributed by atoms with Gasteiger partial charge in [0.1, 0.15) is 0 Å². The van der Waals surface area contributed by atoms with Crippen molar-refractivity contribution in [3.05, 3.63) is 29.8 Å². The molecule has 0 radical (unpaired) electrons. The minimum Gasteiger partial charge on any atom is -0.354 e. The number of carbonyl (C=O) groups excluding carboxylic acids is 2. The van der Waals surface area contributed by atoms with Crippen LogP contribution in [0.2, 0.25) is 0 Å². The van der Waals surface area contributed by atoms with Crippen LogP contribution in [0.15, 0.2) is 29.2 Å². The lowest BCUT2D eigenvalue weighted by Gasteiger charge is -2.31. The van der Waals surface area contributed by atoms with E-state index in [0.717, 1.165) is 0 Å². The lowest BCUT2D eigenvalue weighted by Crippen LogP contribution is -2.47. The van der Waals surface area contributed by atoms with Gasteiger partial charge < -0.3 is 15.5 Å². The highest BCUT2D eigenvalue weighted by atomic mass is 32.2. The first-order chi connectivity index (χ1) is 12.7. The molecule has 27 heavy (non-hydrogen) atoms. The molecule has 1 aliphatic rings. The third-order valence-electron chi connectivity index (χ3n) is 4.43. The summed E-state index contributed by atoms with van der Waals surface area (Å²) in [6.45, 7) is 6.41. The van der Waals surface area contributed by atoms with E-state index in [9.17, 15) is 18.0 Å². The van der Waals surface area contributed by atoms with Crippen LogP contribution in [0.1, 0.15) is 24.2 Å². The number of hydrogen-bond acceptors (Lipinski definition) is 5. The number of amides is 2. The van der Waals surface area contributed by atoms with Gasteiger partial charge in [0.05, 0.1) is 4.90 Å². The fourth-order valence-corrected chi connectivity index (χ4v) is 4.11. The summed E-state index contributed by atoms with van der Waals surface area (Å²) in [6.07, 6.45) is 0. The number of piperazine rings is 1. The van der Waals surface area contributed by atoms with Crippen molar-refractivity contribution in [3.8, 4) is 0 Å². The third-order valence-corrected chi connectivity index (χ3v) is 6.33. The summed E-state index contributed by atoms with van der Waals surface area (Å²) < 4.78 is 27.0. The molecule has 1 aromatic carbocycles. The summed E-state index contributed by atoms with van der Waals surface area (Å²) in [5, 5.41) is 5.40. The van der Waals surface area contributed by atoms with Gasteiger partial charge in [0.2, 0.25) is 15.9 Å². The Labute approximate surface area is 161 Å². The van der Waals surface area contributed by atoms with Crippen molar-refractivity contribution >= 4 is 21.8 Å². The van der Waals surface area contributed by atoms with Gasteiger partial charge in [-0.15, -0.1) is 0 Å². The molecule has 9 heteroatoms. The number of nitrogens with zero attached hydrogens (tertiary/aromatic N) is 2. The number of sulfonamides is 1. The van der Waals surface area contributed by atoms with Crippen molar-refractivity contribution < 1.29 is 18.0 Å². The molecule has 1 heterocycles. The lowest BCUT2D eigenvalue weighted by atomic mass is 10.2. The van der Waals surface area contributed by atoms with Crippen LogP contribution in [0, 0.1) is 5.92 Å². The van der Waals surface area contributed by atoms with Gasteiger partial charge in [-0.25, -0.2) is 8.42 Å². The molecular weight excluding hydrogens is 368 g/mol. The number of benzene rings is 1. The molecule has 1 fully saturated rings. The maximum atomic E-state index is 12.8. The molecule has 0 bridgehead atoms. The highest BCUT2D eigenvalue weighted by Gasteiger charge is 2.27. The first kappa shape index (κ1) is 21.3. The van der Waals surface area contributed by atoms with Gasteiger partial charge in [0.15, 0.2) is 0 Å². The van der Waals surface area contributed by atoms with E-state index in [2.05, 4.69) is 15.5 Å². The van der Waals surface area contributed by atoms with Gasteiger partial charge in [-0.1, -0.05) is 19.9 Å². The van der Waals surface area contributed by atoms with Gasteiger partial charge in [0.25, 0.3) is 5.91 Å².